The number of carbonyl (C=O) groups excluding carboxylic acids is 2. The second-order valence-corrected chi connectivity index (χ2v) is 8.82. The van der Waals surface area contributed by atoms with Gasteiger partial charge in [-0.05, 0) is 30.2 Å². The third-order valence-corrected chi connectivity index (χ3v) is 6.32. The van der Waals surface area contributed by atoms with Gasteiger partial charge >= 0.3 is 5.76 Å². The summed E-state index contributed by atoms with van der Waals surface area (Å²) in [6.07, 6.45) is 0.616. The minimum absolute atomic E-state index is 0.0688. The Labute approximate surface area is 208 Å². The number of aromatic amines is 1. The van der Waals surface area contributed by atoms with Gasteiger partial charge in [0.1, 0.15) is 0 Å². The van der Waals surface area contributed by atoms with Crippen molar-refractivity contribution in [2.24, 2.45) is 0 Å². The molecule has 0 spiro atoms. The molecule has 0 radical (unpaired) electrons. The number of halogens is 1. The molecule has 0 amide bonds. The van der Waals surface area contributed by atoms with E-state index in [0.29, 0.717) is 50.5 Å². The summed E-state index contributed by atoms with van der Waals surface area (Å²) >= 11 is 6.13. The molecule has 1 aliphatic rings. The van der Waals surface area contributed by atoms with Crippen LogP contribution in [0, 0.1) is 11.3 Å². The number of benzene rings is 2. The topological polar surface area (TPSA) is 139 Å². The minimum Gasteiger partial charge on any atom is -0.304 e. The molecule has 178 valence electrons. The summed E-state index contributed by atoms with van der Waals surface area (Å²) in [6, 6.07) is 14.9. The summed E-state index contributed by atoms with van der Waals surface area (Å²) in [5.74, 6) is -0.740. The van der Waals surface area contributed by atoms with Crippen LogP contribution in [0.3, 0.4) is 0 Å². The lowest BCUT2D eigenvalue weighted by Crippen LogP contribution is -2.28. The highest BCUT2D eigenvalue weighted by molar-refractivity contribution is 6.31. The van der Waals surface area contributed by atoms with Gasteiger partial charge in [-0.3, -0.25) is 23.9 Å². The lowest BCUT2D eigenvalue weighted by molar-refractivity contribution is -0.119. The maximum atomic E-state index is 13.1. The fourth-order valence-electron chi connectivity index (χ4n) is 4.44. The molecule has 10 heteroatoms. The number of Topliss-reactive ketones (excluding diaryl/α,β-unsaturated/α-hetero) is 2. The molecule has 2 aromatic heterocycles. The van der Waals surface area contributed by atoms with Crippen LogP contribution in [-0.2, 0) is 24.2 Å². The summed E-state index contributed by atoms with van der Waals surface area (Å²) in [6.45, 7) is -0.187. The highest BCUT2D eigenvalue weighted by Crippen LogP contribution is 2.34. The standard InChI is InChI=1S/C26H17ClN4O5/c27-17-6-5-16(12-28)19(10-17)20-11-23(34)31(21-7-8-22(33)24(20)21)13-18(32)9-14-1-3-15(4-2-14)25-29-26(35)36-30-25/h1-6,10-11H,7-9,13H2,(H,29,30,35). The average Bonchev–Trinajstić information content (AvgIpc) is 3.47. The number of H-pyrrole nitrogens is 1. The smallest absolute Gasteiger partial charge is 0.304 e. The molecular weight excluding hydrogens is 484 g/mol. The summed E-state index contributed by atoms with van der Waals surface area (Å²) in [5.41, 5.74) is 2.83. The lowest BCUT2D eigenvalue weighted by atomic mass is 9.95. The fourth-order valence-corrected chi connectivity index (χ4v) is 4.61. The molecule has 36 heavy (non-hydrogen) atoms. The van der Waals surface area contributed by atoms with Crippen LogP contribution in [0.1, 0.15) is 33.6 Å². The highest BCUT2D eigenvalue weighted by Gasteiger charge is 2.29. The first-order chi connectivity index (χ1) is 17.3. The molecule has 0 atom stereocenters. The van der Waals surface area contributed by atoms with E-state index in [4.69, 9.17) is 11.6 Å². The Hall–Kier alpha value is -4.55. The van der Waals surface area contributed by atoms with Crippen molar-refractivity contribution in [1.29, 1.82) is 5.26 Å². The fraction of sp³-hybridized carbons (Fsp3) is 0.154. The summed E-state index contributed by atoms with van der Waals surface area (Å²) in [7, 11) is 0. The molecule has 9 nitrogen and oxygen atoms in total. The molecule has 0 unspecified atom stereocenters. The van der Waals surface area contributed by atoms with Gasteiger partial charge in [0.15, 0.2) is 17.4 Å². The van der Waals surface area contributed by atoms with E-state index in [9.17, 15) is 24.4 Å². The highest BCUT2D eigenvalue weighted by atomic mass is 35.5. The number of fused-ring (bicyclic) bond motifs is 1. The number of nitrogens with one attached hydrogen (secondary N) is 1. The molecule has 2 heterocycles. The number of aromatic nitrogens is 3. The molecule has 2 aromatic carbocycles. The molecule has 1 aliphatic carbocycles. The summed E-state index contributed by atoms with van der Waals surface area (Å²) < 4.78 is 5.84. The Morgan fingerprint density at radius 2 is 1.86 bits per heavy atom. The first-order valence-corrected chi connectivity index (χ1v) is 11.4. The Kier molecular flexibility index (Phi) is 5.96. The number of rotatable bonds is 6. The van der Waals surface area contributed by atoms with Crippen LogP contribution in [-0.4, -0.2) is 26.3 Å². The maximum absolute atomic E-state index is 13.1. The van der Waals surface area contributed by atoms with Crippen molar-refractivity contribution in [2.75, 3.05) is 0 Å². The van der Waals surface area contributed by atoms with Crippen LogP contribution in [0.2, 0.25) is 5.02 Å². The van der Waals surface area contributed by atoms with E-state index >= 15 is 0 Å². The number of pyridine rings is 1. The monoisotopic (exact) mass is 500 g/mol. The van der Waals surface area contributed by atoms with E-state index in [1.807, 2.05) is 0 Å². The van der Waals surface area contributed by atoms with Crippen molar-refractivity contribution in [1.82, 2.24) is 14.7 Å². The normalized spacial score (nSPS) is 12.4. The van der Waals surface area contributed by atoms with Gasteiger partial charge in [-0.25, -0.2) is 4.79 Å². The van der Waals surface area contributed by atoms with Crippen molar-refractivity contribution in [3.05, 3.63) is 96.8 Å². The van der Waals surface area contributed by atoms with Crippen LogP contribution < -0.4 is 11.3 Å². The first kappa shape index (κ1) is 23.2. The van der Waals surface area contributed by atoms with Gasteiger partial charge in [0.05, 0.1) is 18.2 Å². The van der Waals surface area contributed by atoms with Gasteiger partial charge in [-0.2, -0.15) is 5.26 Å². The van der Waals surface area contributed by atoms with Crippen molar-refractivity contribution in [2.45, 2.75) is 25.8 Å². The third-order valence-electron chi connectivity index (χ3n) is 6.08. The molecule has 0 saturated heterocycles. The zero-order chi connectivity index (χ0) is 25.4. The second kappa shape index (κ2) is 9.24. The van der Waals surface area contributed by atoms with E-state index in [-0.39, 0.29) is 36.8 Å². The van der Waals surface area contributed by atoms with E-state index in [1.165, 1.54) is 10.6 Å². The largest absolute Gasteiger partial charge is 0.439 e. The quantitative estimate of drug-likeness (QED) is 0.428. The van der Waals surface area contributed by atoms with E-state index in [1.54, 1.807) is 42.5 Å². The predicted octanol–water partition coefficient (Wildman–Crippen LogP) is 3.32. The molecule has 0 bridgehead atoms. The molecule has 0 fully saturated rings. The Morgan fingerprint density at radius 1 is 1.08 bits per heavy atom. The van der Waals surface area contributed by atoms with Gasteiger partial charge < -0.3 is 4.57 Å². The lowest BCUT2D eigenvalue weighted by Gasteiger charge is -2.15. The summed E-state index contributed by atoms with van der Waals surface area (Å²) in [4.78, 5) is 52.4. The number of hydrogen-bond acceptors (Lipinski definition) is 7. The van der Waals surface area contributed by atoms with E-state index < -0.39 is 11.3 Å². The SMILES string of the molecule is N#Cc1ccc(Cl)cc1-c1cc(=O)n(CC(=O)Cc2ccc(-c3noc(=O)[nH]3)cc2)c2c1C(=O)CC2. The van der Waals surface area contributed by atoms with Crippen molar-refractivity contribution >= 4 is 23.2 Å². The molecule has 1 N–H and O–H groups in total. The van der Waals surface area contributed by atoms with Crippen LogP contribution in [0.25, 0.3) is 22.5 Å². The van der Waals surface area contributed by atoms with Gasteiger partial charge in [0.25, 0.3) is 5.56 Å². The zero-order valence-electron chi connectivity index (χ0n) is 18.7. The summed E-state index contributed by atoms with van der Waals surface area (Å²) in [5, 5.41) is 13.5. The van der Waals surface area contributed by atoms with Crippen molar-refractivity contribution < 1.29 is 14.1 Å². The van der Waals surface area contributed by atoms with Crippen LogP contribution in [0.5, 0.6) is 0 Å². The van der Waals surface area contributed by atoms with Crippen molar-refractivity contribution in [3.8, 4) is 28.6 Å². The number of carbonyl (C=O) groups is 2. The molecule has 4 aromatic rings. The molecular formula is C26H17ClN4O5. The van der Waals surface area contributed by atoms with Gasteiger partial charge in [-0.1, -0.05) is 41.0 Å². The number of nitriles is 1. The molecule has 5 rings (SSSR count). The van der Waals surface area contributed by atoms with Gasteiger partial charge in [0.2, 0.25) is 0 Å². The van der Waals surface area contributed by atoms with Crippen LogP contribution in [0.15, 0.2) is 62.6 Å². The third kappa shape index (κ3) is 4.30. The number of nitrogens with zero attached hydrogens (tertiary/aromatic N) is 3. The molecule has 0 aliphatic heterocycles. The first-order valence-electron chi connectivity index (χ1n) is 11.0. The Bertz CT molecular complexity index is 1690. The minimum atomic E-state index is -0.661. The second-order valence-electron chi connectivity index (χ2n) is 8.38. The van der Waals surface area contributed by atoms with E-state index in [2.05, 4.69) is 20.7 Å². The van der Waals surface area contributed by atoms with Gasteiger partial charge in [-0.15, -0.1) is 0 Å². The Morgan fingerprint density at radius 3 is 2.56 bits per heavy atom. The van der Waals surface area contributed by atoms with Crippen LogP contribution in [0.4, 0.5) is 0 Å². The zero-order valence-corrected chi connectivity index (χ0v) is 19.5. The Balaban J connectivity index is 1.44. The molecule has 0 saturated carbocycles. The van der Waals surface area contributed by atoms with E-state index in [0.717, 1.165) is 0 Å². The maximum Gasteiger partial charge on any atom is 0.439 e. The number of hydrogen-bond donors (Lipinski definition) is 1. The predicted molar refractivity (Wildman–Crippen MR) is 130 cm³/mol. The van der Waals surface area contributed by atoms with Gasteiger partial charge in [0, 0.05) is 51.9 Å². The number of ketones is 2. The van der Waals surface area contributed by atoms with Crippen LogP contribution >= 0.6 is 11.6 Å². The average molecular weight is 501 g/mol. The van der Waals surface area contributed by atoms with Crippen molar-refractivity contribution in [3.63, 3.8) is 0 Å².